The van der Waals surface area contributed by atoms with Gasteiger partial charge < -0.3 is 14.4 Å². The molecule has 1 aliphatic heterocycles. The fourth-order valence-electron chi connectivity index (χ4n) is 2.41. The molecule has 0 amide bonds. The minimum absolute atomic E-state index is 0.0174. The number of ether oxygens (including phenoxy) is 1. The first-order valence-corrected chi connectivity index (χ1v) is 7.50. The summed E-state index contributed by atoms with van der Waals surface area (Å²) in [5, 5.41) is 9.98. The van der Waals surface area contributed by atoms with Gasteiger partial charge in [-0.1, -0.05) is 0 Å². The van der Waals surface area contributed by atoms with Gasteiger partial charge in [0.25, 0.3) is 0 Å². The Hall–Kier alpha value is -1.18. The Bertz CT molecular complexity index is 574. The first-order chi connectivity index (χ1) is 9.31. The smallest absolute Gasteiger partial charge is 0.164 e. The normalized spacial score (nSPS) is 23.3. The second kappa shape index (κ2) is 5.44. The highest BCUT2D eigenvalue weighted by Crippen LogP contribution is 2.24. The maximum atomic E-state index is 9.08. The predicted octanol–water partition coefficient (Wildman–Crippen LogP) is 1.09. The van der Waals surface area contributed by atoms with E-state index in [1.807, 2.05) is 10.8 Å². The van der Waals surface area contributed by atoms with Gasteiger partial charge in [0.1, 0.15) is 16.9 Å². The maximum Gasteiger partial charge on any atom is 0.164 e. The number of hydrogen-bond acceptors (Lipinski definition) is 6. The Morgan fingerprint density at radius 3 is 2.95 bits per heavy atom. The Kier molecular flexibility index (Phi) is 3.67. The van der Waals surface area contributed by atoms with Crippen molar-refractivity contribution in [2.45, 2.75) is 36.6 Å². The Morgan fingerprint density at radius 1 is 1.37 bits per heavy atom. The molecule has 2 aromatic heterocycles. The van der Waals surface area contributed by atoms with Gasteiger partial charge in [0, 0.05) is 0 Å². The standard InChI is InChI=1S/C12H16N4O2S/c1-19-12-10-11(13-6-14-12)16(7-15-10)4-8-2-3-9(5-17)18-8/h6-9,17H,2-5H2,1H3/t8-,9+/m1/s1. The molecular formula is C12H16N4O2S. The third kappa shape index (κ3) is 2.45. The molecule has 0 radical (unpaired) electrons. The fourth-order valence-corrected chi connectivity index (χ4v) is 2.90. The van der Waals surface area contributed by atoms with Crippen LogP contribution < -0.4 is 0 Å². The molecule has 1 saturated heterocycles. The molecule has 1 N–H and O–H groups in total. The lowest BCUT2D eigenvalue weighted by molar-refractivity contribution is 0.00536. The highest BCUT2D eigenvalue weighted by atomic mass is 32.2. The summed E-state index contributed by atoms with van der Waals surface area (Å²) in [6.07, 6.45) is 7.32. The van der Waals surface area contributed by atoms with Gasteiger partial charge in [-0.25, -0.2) is 15.0 Å². The van der Waals surface area contributed by atoms with E-state index in [0.717, 1.165) is 35.6 Å². The number of imidazole rings is 1. The van der Waals surface area contributed by atoms with Crippen LogP contribution in [0.2, 0.25) is 0 Å². The van der Waals surface area contributed by atoms with Crippen LogP contribution in [0.15, 0.2) is 17.7 Å². The van der Waals surface area contributed by atoms with E-state index in [4.69, 9.17) is 9.84 Å². The lowest BCUT2D eigenvalue weighted by atomic mass is 10.2. The van der Waals surface area contributed by atoms with Crippen LogP contribution in [0.4, 0.5) is 0 Å². The van der Waals surface area contributed by atoms with Crippen LogP contribution in [0.25, 0.3) is 11.2 Å². The van der Waals surface area contributed by atoms with E-state index in [0.29, 0.717) is 0 Å². The Labute approximate surface area is 115 Å². The Morgan fingerprint density at radius 2 is 2.21 bits per heavy atom. The molecule has 2 atom stereocenters. The van der Waals surface area contributed by atoms with Crippen molar-refractivity contribution < 1.29 is 9.84 Å². The molecule has 0 aliphatic carbocycles. The molecule has 7 heteroatoms. The topological polar surface area (TPSA) is 73.1 Å². The number of aliphatic hydroxyl groups excluding tert-OH is 1. The van der Waals surface area contributed by atoms with Gasteiger partial charge in [-0.2, -0.15) is 0 Å². The van der Waals surface area contributed by atoms with Crippen molar-refractivity contribution in [2.75, 3.05) is 12.9 Å². The second-order valence-electron chi connectivity index (χ2n) is 4.59. The summed E-state index contributed by atoms with van der Waals surface area (Å²) in [5.74, 6) is 0. The maximum absolute atomic E-state index is 9.08. The number of hydrogen-bond donors (Lipinski definition) is 1. The lowest BCUT2D eigenvalue weighted by Gasteiger charge is -2.12. The van der Waals surface area contributed by atoms with Crippen molar-refractivity contribution in [1.82, 2.24) is 19.5 Å². The van der Waals surface area contributed by atoms with Gasteiger partial charge >= 0.3 is 0 Å². The molecule has 1 aliphatic rings. The summed E-state index contributed by atoms with van der Waals surface area (Å²) in [4.78, 5) is 12.9. The molecule has 3 rings (SSSR count). The number of fused-ring (bicyclic) bond motifs is 1. The predicted molar refractivity (Wildman–Crippen MR) is 72.1 cm³/mol. The van der Waals surface area contributed by atoms with Crippen LogP contribution in [0, 0.1) is 0 Å². The highest BCUT2D eigenvalue weighted by molar-refractivity contribution is 7.98. The fraction of sp³-hybridized carbons (Fsp3) is 0.583. The SMILES string of the molecule is CSc1ncnc2c1ncn2C[C@H]1CC[C@@H](CO)O1. The van der Waals surface area contributed by atoms with Crippen molar-refractivity contribution in [1.29, 1.82) is 0 Å². The zero-order chi connectivity index (χ0) is 13.2. The average Bonchev–Trinajstić information content (AvgIpc) is 3.06. The highest BCUT2D eigenvalue weighted by Gasteiger charge is 2.25. The lowest BCUT2D eigenvalue weighted by Crippen LogP contribution is -2.19. The van der Waals surface area contributed by atoms with Crippen LogP contribution in [0.5, 0.6) is 0 Å². The summed E-state index contributed by atoms with van der Waals surface area (Å²) >= 11 is 1.57. The van der Waals surface area contributed by atoms with Crippen molar-refractivity contribution in [3.8, 4) is 0 Å². The zero-order valence-corrected chi connectivity index (χ0v) is 11.5. The average molecular weight is 280 g/mol. The summed E-state index contributed by atoms with van der Waals surface area (Å²) in [7, 11) is 0. The molecule has 0 bridgehead atoms. The molecule has 0 spiro atoms. The first kappa shape index (κ1) is 12.8. The molecule has 102 valence electrons. The van der Waals surface area contributed by atoms with E-state index in [2.05, 4.69) is 15.0 Å². The van der Waals surface area contributed by atoms with Gasteiger partial charge in [-0.15, -0.1) is 11.8 Å². The van der Waals surface area contributed by atoms with E-state index in [-0.39, 0.29) is 18.8 Å². The van der Waals surface area contributed by atoms with Crippen LogP contribution in [-0.2, 0) is 11.3 Å². The van der Waals surface area contributed by atoms with Gasteiger partial charge in [-0.3, -0.25) is 0 Å². The summed E-state index contributed by atoms with van der Waals surface area (Å²) in [5.41, 5.74) is 1.68. The summed E-state index contributed by atoms with van der Waals surface area (Å²) in [6.45, 7) is 0.817. The largest absolute Gasteiger partial charge is 0.394 e. The first-order valence-electron chi connectivity index (χ1n) is 6.28. The van der Waals surface area contributed by atoms with E-state index in [9.17, 15) is 0 Å². The zero-order valence-electron chi connectivity index (χ0n) is 10.7. The quantitative estimate of drug-likeness (QED) is 0.667. The van der Waals surface area contributed by atoms with E-state index in [1.54, 1.807) is 24.4 Å². The number of thioether (sulfide) groups is 1. The van der Waals surface area contributed by atoms with Crippen LogP contribution in [-0.4, -0.2) is 49.7 Å². The molecule has 19 heavy (non-hydrogen) atoms. The summed E-state index contributed by atoms with van der Waals surface area (Å²) < 4.78 is 7.74. The molecule has 2 aromatic rings. The molecule has 6 nitrogen and oxygen atoms in total. The number of rotatable bonds is 4. The number of nitrogens with zero attached hydrogens (tertiary/aromatic N) is 4. The van der Waals surface area contributed by atoms with Crippen LogP contribution in [0.3, 0.4) is 0 Å². The molecule has 0 saturated carbocycles. The van der Waals surface area contributed by atoms with Gasteiger partial charge in [0.05, 0.1) is 31.7 Å². The van der Waals surface area contributed by atoms with Crippen molar-refractivity contribution in [3.05, 3.63) is 12.7 Å². The minimum Gasteiger partial charge on any atom is -0.394 e. The summed E-state index contributed by atoms with van der Waals surface area (Å²) in [6, 6.07) is 0. The monoisotopic (exact) mass is 280 g/mol. The third-order valence-corrected chi connectivity index (χ3v) is 4.05. The van der Waals surface area contributed by atoms with Crippen molar-refractivity contribution >= 4 is 22.9 Å². The second-order valence-corrected chi connectivity index (χ2v) is 5.39. The van der Waals surface area contributed by atoms with Gasteiger partial charge in [-0.05, 0) is 19.1 Å². The van der Waals surface area contributed by atoms with E-state index < -0.39 is 0 Å². The molecule has 0 aromatic carbocycles. The van der Waals surface area contributed by atoms with Crippen LogP contribution in [0.1, 0.15) is 12.8 Å². The minimum atomic E-state index is -0.0174. The Balaban J connectivity index is 1.82. The molecule has 3 heterocycles. The molecule has 1 fully saturated rings. The van der Waals surface area contributed by atoms with Crippen LogP contribution >= 0.6 is 11.8 Å². The van der Waals surface area contributed by atoms with E-state index in [1.165, 1.54) is 0 Å². The van der Waals surface area contributed by atoms with Crippen molar-refractivity contribution in [2.24, 2.45) is 0 Å². The van der Waals surface area contributed by atoms with Gasteiger partial charge in [0.15, 0.2) is 5.65 Å². The number of aliphatic hydroxyl groups is 1. The van der Waals surface area contributed by atoms with E-state index >= 15 is 0 Å². The molecule has 0 unspecified atom stereocenters. The van der Waals surface area contributed by atoms with Gasteiger partial charge in [0.2, 0.25) is 0 Å². The third-order valence-electron chi connectivity index (χ3n) is 3.36. The number of aromatic nitrogens is 4. The molecular weight excluding hydrogens is 264 g/mol. The van der Waals surface area contributed by atoms with Crippen molar-refractivity contribution in [3.63, 3.8) is 0 Å².